The lowest BCUT2D eigenvalue weighted by Gasteiger charge is -2.28. The van der Waals surface area contributed by atoms with E-state index in [2.05, 4.69) is 30.7 Å². The van der Waals surface area contributed by atoms with E-state index in [0.29, 0.717) is 24.8 Å². The van der Waals surface area contributed by atoms with Crippen LogP contribution in [0.5, 0.6) is 5.75 Å². The number of aromatic nitrogens is 3. The van der Waals surface area contributed by atoms with Gasteiger partial charge in [-0.25, -0.2) is 14.4 Å². The zero-order valence-electron chi connectivity index (χ0n) is 22.3. The van der Waals surface area contributed by atoms with E-state index >= 15 is 8.78 Å². The lowest BCUT2D eigenvalue weighted by Crippen LogP contribution is -2.34. The molecule has 5 rings (SSSR count). The predicted octanol–water partition coefficient (Wildman–Crippen LogP) is 4.47. The number of anilines is 1. The second-order valence-electron chi connectivity index (χ2n) is 9.95. The van der Waals surface area contributed by atoms with Gasteiger partial charge in [0, 0.05) is 42.8 Å². The first-order chi connectivity index (χ1) is 19.5. The van der Waals surface area contributed by atoms with E-state index < -0.39 is 11.6 Å². The summed E-state index contributed by atoms with van der Waals surface area (Å²) in [4.78, 5) is 8.46. The molecule has 2 aliphatic rings. The fourth-order valence-corrected chi connectivity index (χ4v) is 5.10. The zero-order valence-corrected chi connectivity index (χ0v) is 22.3. The Morgan fingerprint density at radius 2 is 1.85 bits per heavy atom. The molecule has 13 heteroatoms. The van der Waals surface area contributed by atoms with E-state index in [0.717, 1.165) is 44.1 Å². The van der Waals surface area contributed by atoms with E-state index in [9.17, 15) is 0 Å². The third-order valence-electron chi connectivity index (χ3n) is 7.44. The summed E-state index contributed by atoms with van der Waals surface area (Å²) in [5.41, 5.74) is 7.57. The molecule has 2 aromatic heterocycles. The number of aliphatic imine (C=N–C) groups is 1. The molecular weight excluding hydrogens is 520 g/mol. The summed E-state index contributed by atoms with van der Waals surface area (Å²) >= 11 is 0. The van der Waals surface area contributed by atoms with Gasteiger partial charge in [-0.2, -0.15) is 9.49 Å². The average molecular weight is 554 g/mol. The van der Waals surface area contributed by atoms with Gasteiger partial charge in [0.1, 0.15) is 11.5 Å². The van der Waals surface area contributed by atoms with Crippen LogP contribution in [-0.2, 0) is 4.74 Å². The normalized spacial score (nSPS) is 20.7. The van der Waals surface area contributed by atoms with Crippen molar-refractivity contribution in [1.29, 1.82) is 0 Å². The Morgan fingerprint density at radius 1 is 1.07 bits per heavy atom. The summed E-state index contributed by atoms with van der Waals surface area (Å²) in [5, 5.41) is 14.9. The molecule has 1 aliphatic carbocycles. The Morgan fingerprint density at radius 3 is 2.58 bits per heavy atom. The molecule has 0 unspecified atom stereocenters. The average Bonchev–Trinajstić information content (AvgIpc) is 3.48. The first-order valence-electron chi connectivity index (χ1n) is 13.4. The molecule has 1 saturated carbocycles. The molecule has 40 heavy (non-hydrogen) atoms. The number of nitrogens with one attached hydrogen (secondary N) is 1. The van der Waals surface area contributed by atoms with Crippen molar-refractivity contribution in [3.05, 3.63) is 54.0 Å². The van der Waals surface area contributed by atoms with Gasteiger partial charge >= 0.3 is 0 Å². The van der Waals surface area contributed by atoms with Crippen LogP contribution in [0.3, 0.4) is 0 Å². The molecule has 1 aromatic carbocycles. The Balaban J connectivity index is 1.40. The van der Waals surface area contributed by atoms with E-state index in [-0.39, 0.29) is 40.8 Å². The number of ether oxygens (including phenoxy) is 2. The lowest BCUT2D eigenvalue weighted by atomic mass is 9.93. The van der Waals surface area contributed by atoms with E-state index in [1.807, 2.05) is 17.9 Å². The molecule has 3 aromatic rings. The number of nitrogen functional groups attached to an aromatic ring is 1. The minimum Gasteiger partial charge on any atom is -0.487 e. The zero-order chi connectivity index (χ0) is 28.1. The van der Waals surface area contributed by atoms with Gasteiger partial charge in [0.2, 0.25) is 5.82 Å². The summed E-state index contributed by atoms with van der Waals surface area (Å²) in [6.07, 6.45) is 10.1. The number of halogens is 2. The summed E-state index contributed by atoms with van der Waals surface area (Å²) < 4.78 is 43.3. The van der Waals surface area contributed by atoms with E-state index in [1.54, 1.807) is 18.5 Å². The summed E-state index contributed by atoms with van der Waals surface area (Å²) in [5.74, 6) is 2.82. The van der Waals surface area contributed by atoms with E-state index in [1.165, 1.54) is 12.1 Å². The topological polar surface area (TPSA) is 150 Å². The van der Waals surface area contributed by atoms with Gasteiger partial charge in [0.05, 0.1) is 23.9 Å². The van der Waals surface area contributed by atoms with Crippen molar-refractivity contribution in [2.75, 3.05) is 26.0 Å². The molecule has 0 amide bonds. The molecule has 1 aliphatic heterocycles. The maximum atomic E-state index is 15.1. The van der Waals surface area contributed by atoms with Gasteiger partial charge in [-0.3, -0.25) is 4.68 Å². The van der Waals surface area contributed by atoms with Crippen LogP contribution in [0.15, 0.2) is 52.1 Å². The van der Waals surface area contributed by atoms with Crippen molar-refractivity contribution in [1.82, 2.24) is 20.1 Å². The Labute approximate surface area is 230 Å². The van der Waals surface area contributed by atoms with Crippen LogP contribution in [0.2, 0.25) is 0 Å². The number of hydrogen-bond acceptors (Lipinski definition) is 8. The number of nitrogens with two attached hydrogens (primary N) is 2. The third-order valence-corrected chi connectivity index (χ3v) is 7.44. The van der Waals surface area contributed by atoms with Crippen molar-refractivity contribution in [3.8, 4) is 16.9 Å². The second-order valence-corrected chi connectivity index (χ2v) is 9.95. The van der Waals surface area contributed by atoms with Crippen molar-refractivity contribution in [3.63, 3.8) is 0 Å². The van der Waals surface area contributed by atoms with E-state index in [4.69, 9.17) is 21.1 Å². The molecule has 1 saturated heterocycles. The monoisotopic (exact) mass is 553 g/mol. The van der Waals surface area contributed by atoms with Gasteiger partial charge < -0.3 is 26.4 Å². The SMILES string of the molecule is CNC1CCC(Oc2ccc(N=C(N=NN)c3cc(-c4cnn(C5CCOCC5)c4)cnc3N)c(F)c2F)CC1. The maximum absolute atomic E-state index is 15.1. The summed E-state index contributed by atoms with van der Waals surface area (Å²) in [7, 11) is 1.92. The lowest BCUT2D eigenvalue weighted by molar-refractivity contribution is 0.0662. The van der Waals surface area contributed by atoms with Gasteiger partial charge in [-0.05, 0) is 63.8 Å². The van der Waals surface area contributed by atoms with Crippen molar-refractivity contribution >= 4 is 17.3 Å². The first-order valence-corrected chi connectivity index (χ1v) is 13.4. The van der Waals surface area contributed by atoms with Crippen LogP contribution in [0.25, 0.3) is 11.1 Å². The number of amidine groups is 1. The molecule has 11 nitrogen and oxygen atoms in total. The van der Waals surface area contributed by atoms with Crippen molar-refractivity contribution in [2.24, 2.45) is 21.2 Å². The fraction of sp³-hybridized carbons (Fsp3) is 0.444. The Bertz CT molecular complexity index is 1380. The number of nitrogens with zero attached hydrogens (tertiary/aromatic N) is 6. The molecule has 0 radical (unpaired) electrons. The maximum Gasteiger partial charge on any atom is 0.202 e. The van der Waals surface area contributed by atoms with Crippen molar-refractivity contribution < 1.29 is 18.3 Å². The Kier molecular flexibility index (Phi) is 8.60. The largest absolute Gasteiger partial charge is 0.487 e. The van der Waals surface area contributed by atoms with Crippen LogP contribution >= 0.6 is 0 Å². The highest BCUT2D eigenvalue weighted by atomic mass is 19.2. The van der Waals surface area contributed by atoms with Crippen molar-refractivity contribution in [2.45, 2.75) is 56.7 Å². The number of benzene rings is 1. The Hall–Kier alpha value is -3.97. The van der Waals surface area contributed by atoms with Gasteiger partial charge in [-0.15, -0.1) is 5.11 Å². The standard InChI is InChI=1S/C27H33F2N9O2/c1-32-18-2-4-20(5-3-18)40-23-7-6-22(24(28)25(23)29)35-27(36-37-31)21-12-16(13-33-26(21)30)17-14-34-38(15-17)19-8-10-39-11-9-19/h6-7,12-15,18-20,32H,2-5,8-11H2,1H3,(H2,30,33)(H2,31,35,36). The van der Waals surface area contributed by atoms with Crippen LogP contribution in [0, 0.1) is 11.6 Å². The molecule has 0 bridgehead atoms. The molecule has 3 heterocycles. The smallest absolute Gasteiger partial charge is 0.202 e. The molecule has 0 spiro atoms. The molecule has 212 valence electrons. The van der Waals surface area contributed by atoms with Gasteiger partial charge in [0.25, 0.3) is 0 Å². The van der Waals surface area contributed by atoms with Crippen LogP contribution in [-0.4, -0.2) is 53.0 Å². The number of rotatable bonds is 7. The second kappa shape index (κ2) is 12.5. The third kappa shape index (κ3) is 6.10. The van der Waals surface area contributed by atoms with Crippen LogP contribution in [0.4, 0.5) is 20.3 Å². The minimum atomic E-state index is -1.17. The highest BCUT2D eigenvalue weighted by Crippen LogP contribution is 2.32. The van der Waals surface area contributed by atoms with Gasteiger partial charge in [0.15, 0.2) is 17.4 Å². The first kappa shape index (κ1) is 27.6. The minimum absolute atomic E-state index is 0.0738. The number of hydrogen-bond donors (Lipinski definition) is 3. The van der Waals surface area contributed by atoms with Crippen LogP contribution in [0.1, 0.15) is 50.1 Å². The predicted molar refractivity (Wildman–Crippen MR) is 146 cm³/mol. The van der Waals surface area contributed by atoms with Crippen LogP contribution < -0.4 is 21.6 Å². The molecule has 0 atom stereocenters. The van der Waals surface area contributed by atoms with Gasteiger partial charge in [-0.1, -0.05) is 5.22 Å². The highest BCUT2D eigenvalue weighted by molar-refractivity contribution is 6.04. The molecule has 5 N–H and O–H groups in total. The highest BCUT2D eigenvalue weighted by Gasteiger charge is 2.24. The summed E-state index contributed by atoms with van der Waals surface area (Å²) in [6.45, 7) is 1.39. The fourth-order valence-electron chi connectivity index (χ4n) is 5.10. The quantitative estimate of drug-likeness (QED) is 0.128. The molecular formula is C27H33F2N9O2. The molecule has 2 fully saturated rings. The summed E-state index contributed by atoms with van der Waals surface area (Å²) in [6, 6.07) is 5.04. The number of pyridine rings is 1.